The lowest BCUT2D eigenvalue weighted by Gasteiger charge is -2.08. The molecule has 1 unspecified atom stereocenters. The molecule has 1 aromatic rings. The molecule has 0 saturated heterocycles. The van der Waals surface area contributed by atoms with Gasteiger partial charge in [0.25, 0.3) is 0 Å². The molecule has 0 spiro atoms. The smallest absolute Gasteiger partial charge is 0.150 e. The topological polar surface area (TPSA) is 42.4 Å². The number of aliphatic hydroxyl groups is 1. The number of ether oxygens (including phenoxy) is 1. The van der Waals surface area contributed by atoms with Gasteiger partial charge >= 0.3 is 0 Å². The zero-order chi connectivity index (χ0) is 10.4. The highest BCUT2D eigenvalue weighted by atomic mass is 32.2. The molecule has 3 nitrogen and oxygen atoms in total. The second-order valence-electron chi connectivity index (χ2n) is 2.88. The second kappa shape index (κ2) is 6.40. The fourth-order valence-electron chi connectivity index (χ4n) is 0.868. The average molecular weight is 233 g/mol. The van der Waals surface area contributed by atoms with Crippen molar-refractivity contribution in [1.82, 2.24) is 4.98 Å². The Labute approximate surface area is 92.5 Å². The molecule has 80 valence electrons. The van der Waals surface area contributed by atoms with Crippen LogP contribution in [0.4, 0.5) is 0 Å². The van der Waals surface area contributed by atoms with Crippen molar-refractivity contribution in [2.24, 2.45) is 0 Å². The van der Waals surface area contributed by atoms with Gasteiger partial charge in [0, 0.05) is 23.4 Å². The Morgan fingerprint density at radius 2 is 2.50 bits per heavy atom. The Kier molecular flexibility index (Phi) is 5.47. The van der Waals surface area contributed by atoms with Gasteiger partial charge in [0.15, 0.2) is 0 Å². The molecule has 14 heavy (non-hydrogen) atoms. The molecular weight excluding hydrogens is 218 g/mol. The Morgan fingerprint density at radius 1 is 1.71 bits per heavy atom. The van der Waals surface area contributed by atoms with Gasteiger partial charge in [-0.3, -0.25) is 0 Å². The molecule has 0 radical (unpaired) electrons. The number of hydrogen-bond acceptors (Lipinski definition) is 5. The van der Waals surface area contributed by atoms with E-state index in [1.807, 2.05) is 19.2 Å². The Morgan fingerprint density at radius 3 is 3.07 bits per heavy atom. The highest BCUT2D eigenvalue weighted by Gasteiger charge is 2.06. The number of thioether (sulfide) groups is 1. The summed E-state index contributed by atoms with van der Waals surface area (Å²) in [7, 11) is 0. The molecule has 0 aliphatic heterocycles. The van der Waals surface area contributed by atoms with E-state index >= 15 is 0 Å². The highest BCUT2D eigenvalue weighted by Crippen LogP contribution is 2.22. The molecule has 0 amide bonds. The molecule has 0 aliphatic rings. The fourth-order valence-corrected chi connectivity index (χ4v) is 2.65. The summed E-state index contributed by atoms with van der Waals surface area (Å²) in [4.78, 5) is 4.29. The summed E-state index contributed by atoms with van der Waals surface area (Å²) >= 11 is 3.19. The van der Waals surface area contributed by atoms with Crippen LogP contribution < -0.4 is 0 Å². The van der Waals surface area contributed by atoms with Gasteiger partial charge in [-0.15, -0.1) is 11.3 Å². The Bertz CT molecular complexity index is 265. The van der Waals surface area contributed by atoms with Crippen molar-refractivity contribution in [3.63, 3.8) is 0 Å². The minimum absolute atomic E-state index is 0.399. The summed E-state index contributed by atoms with van der Waals surface area (Å²) in [6.45, 7) is 4.95. The van der Waals surface area contributed by atoms with Crippen LogP contribution in [-0.2, 0) is 4.74 Å². The number of rotatable bonds is 6. The van der Waals surface area contributed by atoms with Gasteiger partial charge in [0.1, 0.15) is 4.34 Å². The molecule has 0 aromatic carbocycles. The van der Waals surface area contributed by atoms with Gasteiger partial charge in [0.2, 0.25) is 0 Å². The summed E-state index contributed by atoms with van der Waals surface area (Å²) in [5, 5.41) is 11.5. The summed E-state index contributed by atoms with van der Waals surface area (Å²) in [6, 6.07) is 0. The van der Waals surface area contributed by atoms with Crippen LogP contribution in [0, 0.1) is 6.92 Å². The monoisotopic (exact) mass is 233 g/mol. The number of hydrogen-bond donors (Lipinski definition) is 1. The van der Waals surface area contributed by atoms with E-state index in [9.17, 15) is 5.11 Å². The van der Waals surface area contributed by atoms with Gasteiger partial charge in [-0.25, -0.2) is 4.98 Å². The second-order valence-corrected chi connectivity index (χ2v) is 5.00. The Hall–Kier alpha value is -0.100. The zero-order valence-electron chi connectivity index (χ0n) is 8.40. The zero-order valence-corrected chi connectivity index (χ0v) is 10.0. The molecular formula is C9H15NO2S2. The molecule has 0 saturated carbocycles. The van der Waals surface area contributed by atoms with E-state index in [1.165, 1.54) is 0 Å². The van der Waals surface area contributed by atoms with Crippen LogP contribution >= 0.6 is 23.1 Å². The minimum atomic E-state index is -0.399. The molecule has 0 aliphatic carbocycles. The van der Waals surface area contributed by atoms with Crippen molar-refractivity contribution >= 4 is 23.1 Å². The van der Waals surface area contributed by atoms with E-state index in [0.29, 0.717) is 19.0 Å². The molecule has 1 atom stereocenters. The number of aliphatic hydroxyl groups excluding tert-OH is 1. The van der Waals surface area contributed by atoms with Crippen molar-refractivity contribution in [2.75, 3.05) is 19.0 Å². The summed E-state index contributed by atoms with van der Waals surface area (Å²) in [5.41, 5.74) is 1.04. The third-order valence-electron chi connectivity index (χ3n) is 1.51. The summed E-state index contributed by atoms with van der Waals surface area (Å²) in [5.74, 6) is 0.646. The first kappa shape index (κ1) is 12.0. The summed E-state index contributed by atoms with van der Waals surface area (Å²) in [6.07, 6.45) is -0.399. The number of thiazole rings is 1. The third-order valence-corrected chi connectivity index (χ3v) is 3.80. The van der Waals surface area contributed by atoms with E-state index in [-0.39, 0.29) is 0 Å². The first-order valence-corrected chi connectivity index (χ1v) is 6.39. The minimum Gasteiger partial charge on any atom is -0.390 e. The fraction of sp³-hybridized carbons (Fsp3) is 0.667. The highest BCUT2D eigenvalue weighted by molar-refractivity contribution is 8.01. The van der Waals surface area contributed by atoms with Crippen molar-refractivity contribution in [1.29, 1.82) is 0 Å². The SMILES string of the molecule is CCOCC(O)CSc1nc(C)cs1. The predicted octanol–water partition coefficient (Wildman–Crippen LogP) is 1.94. The molecule has 1 N–H and O–H groups in total. The van der Waals surface area contributed by atoms with Gasteiger partial charge in [-0.05, 0) is 13.8 Å². The largest absolute Gasteiger partial charge is 0.390 e. The molecule has 1 aromatic heterocycles. The maximum absolute atomic E-state index is 9.48. The maximum atomic E-state index is 9.48. The van der Waals surface area contributed by atoms with E-state index in [0.717, 1.165) is 10.0 Å². The number of aromatic nitrogens is 1. The van der Waals surface area contributed by atoms with E-state index in [4.69, 9.17) is 4.74 Å². The maximum Gasteiger partial charge on any atom is 0.150 e. The average Bonchev–Trinajstić information content (AvgIpc) is 2.58. The van der Waals surface area contributed by atoms with Crippen LogP contribution in [0.2, 0.25) is 0 Å². The molecule has 1 heterocycles. The van der Waals surface area contributed by atoms with Crippen LogP contribution in [0.5, 0.6) is 0 Å². The lowest BCUT2D eigenvalue weighted by molar-refractivity contribution is 0.0551. The van der Waals surface area contributed by atoms with Crippen LogP contribution in [0.25, 0.3) is 0 Å². The van der Waals surface area contributed by atoms with Crippen LogP contribution in [0.1, 0.15) is 12.6 Å². The Balaban J connectivity index is 2.20. The van der Waals surface area contributed by atoms with Crippen molar-refractivity contribution < 1.29 is 9.84 Å². The van der Waals surface area contributed by atoms with E-state index in [1.54, 1.807) is 23.1 Å². The normalized spacial score (nSPS) is 13.1. The van der Waals surface area contributed by atoms with Crippen molar-refractivity contribution in [3.05, 3.63) is 11.1 Å². The predicted molar refractivity (Wildman–Crippen MR) is 60.1 cm³/mol. The van der Waals surface area contributed by atoms with Gasteiger partial charge in [0.05, 0.1) is 12.7 Å². The first-order chi connectivity index (χ1) is 6.72. The quantitative estimate of drug-likeness (QED) is 0.763. The van der Waals surface area contributed by atoms with Crippen molar-refractivity contribution in [3.8, 4) is 0 Å². The lowest BCUT2D eigenvalue weighted by atomic mass is 10.4. The van der Waals surface area contributed by atoms with Gasteiger partial charge in [-0.2, -0.15) is 0 Å². The van der Waals surface area contributed by atoms with Crippen molar-refractivity contribution in [2.45, 2.75) is 24.3 Å². The standard InChI is InChI=1S/C9H15NO2S2/c1-3-12-4-8(11)6-14-9-10-7(2)5-13-9/h5,8,11H,3-4,6H2,1-2H3. The van der Waals surface area contributed by atoms with E-state index in [2.05, 4.69) is 4.98 Å². The third kappa shape index (κ3) is 4.41. The van der Waals surface area contributed by atoms with Gasteiger partial charge < -0.3 is 9.84 Å². The van der Waals surface area contributed by atoms with Crippen LogP contribution in [0.3, 0.4) is 0 Å². The summed E-state index contributed by atoms with van der Waals surface area (Å²) < 4.78 is 6.12. The first-order valence-electron chi connectivity index (χ1n) is 4.53. The molecule has 0 fully saturated rings. The number of nitrogens with zero attached hydrogens (tertiary/aromatic N) is 1. The lowest BCUT2D eigenvalue weighted by Crippen LogP contribution is -2.17. The van der Waals surface area contributed by atoms with E-state index < -0.39 is 6.10 Å². The molecule has 0 bridgehead atoms. The number of aryl methyl sites for hydroxylation is 1. The van der Waals surface area contributed by atoms with Crippen LogP contribution in [-0.4, -0.2) is 35.2 Å². The molecule has 1 rings (SSSR count). The molecule has 5 heteroatoms. The van der Waals surface area contributed by atoms with Gasteiger partial charge in [-0.1, -0.05) is 11.8 Å². The van der Waals surface area contributed by atoms with Crippen LogP contribution in [0.15, 0.2) is 9.72 Å².